The number of carbonyl (C=O) groups is 3. The smallest absolute Gasteiger partial charge is 0.408 e. The van der Waals surface area contributed by atoms with Crippen LogP contribution in [0.15, 0.2) is 30.3 Å². The summed E-state index contributed by atoms with van der Waals surface area (Å²) in [5, 5.41) is 2.62. The second kappa shape index (κ2) is 8.88. The van der Waals surface area contributed by atoms with Gasteiger partial charge in [0.15, 0.2) is 0 Å². The number of alkyl carbamates (subject to hydrolysis) is 1. The van der Waals surface area contributed by atoms with Gasteiger partial charge in [-0.2, -0.15) is 0 Å². The van der Waals surface area contributed by atoms with Crippen LogP contribution in [0.4, 0.5) is 4.79 Å². The van der Waals surface area contributed by atoms with Crippen molar-refractivity contribution >= 4 is 17.9 Å². The quantitative estimate of drug-likeness (QED) is 0.855. The van der Waals surface area contributed by atoms with Crippen molar-refractivity contribution in [3.8, 4) is 0 Å². The van der Waals surface area contributed by atoms with Crippen molar-refractivity contribution in [3.05, 3.63) is 35.9 Å². The molecule has 0 aliphatic carbocycles. The van der Waals surface area contributed by atoms with Crippen LogP contribution in [0, 0.1) is 0 Å². The van der Waals surface area contributed by atoms with Crippen molar-refractivity contribution in [1.82, 2.24) is 15.1 Å². The third kappa shape index (κ3) is 4.78. The molecular formula is C20H27N3O4. The molecule has 0 spiro atoms. The van der Waals surface area contributed by atoms with Crippen molar-refractivity contribution in [2.75, 3.05) is 19.6 Å². The monoisotopic (exact) mass is 373 g/mol. The summed E-state index contributed by atoms with van der Waals surface area (Å²) in [5.41, 5.74) is 0.882. The fraction of sp³-hybridized carbons (Fsp3) is 0.550. The highest BCUT2D eigenvalue weighted by Crippen LogP contribution is 2.18. The summed E-state index contributed by atoms with van der Waals surface area (Å²) in [5.74, 6) is -0.222. The average Bonchev–Trinajstić information content (AvgIpc) is 3.07. The Morgan fingerprint density at radius 2 is 1.85 bits per heavy atom. The number of rotatable bonds is 5. The molecule has 2 aliphatic heterocycles. The molecule has 0 saturated carbocycles. The van der Waals surface area contributed by atoms with E-state index in [9.17, 15) is 14.4 Å². The van der Waals surface area contributed by atoms with Crippen molar-refractivity contribution in [2.45, 2.75) is 51.3 Å². The Balaban J connectivity index is 1.48. The van der Waals surface area contributed by atoms with Crippen molar-refractivity contribution in [1.29, 1.82) is 0 Å². The Labute approximate surface area is 159 Å². The fourth-order valence-corrected chi connectivity index (χ4v) is 3.64. The molecule has 1 aromatic carbocycles. The molecule has 3 amide bonds. The molecule has 0 unspecified atom stereocenters. The van der Waals surface area contributed by atoms with Crippen LogP contribution in [0.25, 0.3) is 0 Å². The largest absolute Gasteiger partial charge is 0.445 e. The van der Waals surface area contributed by atoms with Crippen molar-refractivity contribution in [3.63, 3.8) is 0 Å². The molecule has 146 valence electrons. The Morgan fingerprint density at radius 3 is 2.56 bits per heavy atom. The number of ether oxygens (including phenoxy) is 1. The summed E-state index contributed by atoms with van der Waals surface area (Å²) in [6, 6.07) is 8.23. The summed E-state index contributed by atoms with van der Waals surface area (Å²) in [4.78, 5) is 40.7. The second-order valence-corrected chi connectivity index (χ2v) is 7.14. The number of hydrogen-bond acceptors (Lipinski definition) is 4. The van der Waals surface area contributed by atoms with E-state index in [2.05, 4.69) is 5.32 Å². The lowest BCUT2D eigenvalue weighted by Crippen LogP contribution is -2.51. The van der Waals surface area contributed by atoms with Crippen molar-refractivity contribution in [2.24, 2.45) is 0 Å². The van der Waals surface area contributed by atoms with Crippen molar-refractivity contribution < 1.29 is 19.1 Å². The van der Waals surface area contributed by atoms with Gasteiger partial charge in [0, 0.05) is 19.6 Å². The number of hydrogen-bond donors (Lipinski definition) is 1. The minimum Gasteiger partial charge on any atom is -0.445 e. The first kappa shape index (κ1) is 19.2. The molecule has 0 bridgehead atoms. The average molecular weight is 373 g/mol. The molecule has 2 fully saturated rings. The van der Waals surface area contributed by atoms with Gasteiger partial charge in [-0.3, -0.25) is 9.59 Å². The molecule has 7 heteroatoms. The molecule has 1 aromatic rings. The zero-order chi connectivity index (χ0) is 19.2. The lowest BCUT2D eigenvalue weighted by molar-refractivity contribution is -0.144. The highest BCUT2D eigenvalue weighted by atomic mass is 16.5. The summed E-state index contributed by atoms with van der Waals surface area (Å²) in [6.45, 7) is 3.91. The van der Waals surface area contributed by atoms with Crippen LogP contribution in [0.1, 0.15) is 38.2 Å². The van der Waals surface area contributed by atoms with Gasteiger partial charge in [-0.25, -0.2) is 4.79 Å². The first-order valence-electron chi connectivity index (χ1n) is 9.63. The van der Waals surface area contributed by atoms with E-state index in [-0.39, 0.29) is 18.4 Å². The number of likely N-dealkylation sites (tertiary alicyclic amines) is 2. The van der Waals surface area contributed by atoms with E-state index in [1.54, 1.807) is 11.8 Å². The summed E-state index contributed by atoms with van der Waals surface area (Å²) < 4.78 is 5.18. The molecule has 3 rings (SSSR count). The van der Waals surface area contributed by atoms with E-state index in [1.807, 2.05) is 35.2 Å². The predicted molar refractivity (Wildman–Crippen MR) is 99.8 cm³/mol. The topological polar surface area (TPSA) is 79.0 Å². The zero-order valence-electron chi connectivity index (χ0n) is 15.7. The fourth-order valence-electron chi connectivity index (χ4n) is 3.64. The van der Waals surface area contributed by atoms with Gasteiger partial charge in [0.05, 0.1) is 0 Å². The Bertz CT molecular complexity index is 673. The number of amides is 3. The molecule has 27 heavy (non-hydrogen) atoms. The number of nitrogens with one attached hydrogen (secondary N) is 1. The maximum absolute atomic E-state index is 12.6. The number of nitrogens with zero attached hydrogens (tertiary/aromatic N) is 2. The van der Waals surface area contributed by atoms with Gasteiger partial charge < -0.3 is 19.9 Å². The van der Waals surface area contributed by atoms with Gasteiger partial charge >= 0.3 is 6.09 Å². The van der Waals surface area contributed by atoms with Crippen LogP contribution < -0.4 is 5.32 Å². The molecule has 1 N–H and O–H groups in total. The van der Waals surface area contributed by atoms with Gasteiger partial charge in [-0.05, 0) is 38.2 Å². The Morgan fingerprint density at radius 1 is 1.15 bits per heavy atom. The molecule has 2 atom stereocenters. The van der Waals surface area contributed by atoms with Gasteiger partial charge in [-0.1, -0.05) is 30.3 Å². The Kier molecular flexibility index (Phi) is 6.32. The third-order valence-corrected chi connectivity index (χ3v) is 5.24. The van der Waals surface area contributed by atoms with E-state index >= 15 is 0 Å². The zero-order valence-corrected chi connectivity index (χ0v) is 15.7. The van der Waals surface area contributed by atoms with E-state index in [0.29, 0.717) is 13.0 Å². The van der Waals surface area contributed by atoms with Crippen LogP contribution in [-0.4, -0.2) is 59.4 Å². The summed E-state index contributed by atoms with van der Waals surface area (Å²) in [6.07, 6.45) is 3.05. The normalized spacial score (nSPS) is 21.1. The standard InChI is InChI=1S/C20H27N3O4/c1-15(18(24)22-11-6-3-7-12-22)23-13-10-17(19(23)25)21-20(26)27-14-16-8-4-2-5-9-16/h2,4-5,8-9,15,17H,3,6-7,10-14H2,1H3,(H,21,26)/t15-,17-/m1/s1. The highest BCUT2D eigenvalue weighted by molar-refractivity contribution is 5.92. The molecular weight excluding hydrogens is 346 g/mol. The van der Waals surface area contributed by atoms with E-state index in [0.717, 1.165) is 37.9 Å². The van der Waals surface area contributed by atoms with Gasteiger partial charge in [-0.15, -0.1) is 0 Å². The van der Waals surface area contributed by atoms with Gasteiger partial charge in [0.25, 0.3) is 0 Å². The number of piperidine rings is 1. The minimum absolute atomic E-state index is 0.00430. The van der Waals surface area contributed by atoms with E-state index in [1.165, 1.54) is 0 Å². The second-order valence-electron chi connectivity index (χ2n) is 7.14. The lowest BCUT2D eigenvalue weighted by atomic mass is 10.1. The van der Waals surface area contributed by atoms with Crippen LogP contribution >= 0.6 is 0 Å². The summed E-state index contributed by atoms with van der Waals surface area (Å²) >= 11 is 0. The maximum atomic E-state index is 12.6. The summed E-state index contributed by atoms with van der Waals surface area (Å²) in [7, 11) is 0. The van der Waals surface area contributed by atoms with Crippen LogP contribution in [0.5, 0.6) is 0 Å². The highest BCUT2D eigenvalue weighted by Gasteiger charge is 2.39. The minimum atomic E-state index is -0.634. The third-order valence-electron chi connectivity index (χ3n) is 5.24. The van der Waals surface area contributed by atoms with Gasteiger partial charge in [0.1, 0.15) is 18.7 Å². The molecule has 7 nitrogen and oxygen atoms in total. The number of benzene rings is 1. The number of carbonyl (C=O) groups excluding carboxylic acids is 3. The van der Waals surface area contributed by atoms with Crippen LogP contribution in [-0.2, 0) is 20.9 Å². The molecule has 2 heterocycles. The first-order chi connectivity index (χ1) is 13.1. The first-order valence-corrected chi connectivity index (χ1v) is 9.63. The van der Waals surface area contributed by atoms with E-state index < -0.39 is 18.2 Å². The predicted octanol–water partition coefficient (Wildman–Crippen LogP) is 1.91. The molecule has 2 saturated heterocycles. The van der Waals surface area contributed by atoms with Crippen LogP contribution in [0.2, 0.25) is 0 Å². The molecule has 0 aromatic heterocycles. The van der Waals surface area contributed by atoms with E-state index in [4.69, 9.17) is 4.74 Å². The molecule has 2 aliphatic rings. The Hall–Kier alpha value is -2.57. The maximum Gasteiger partial charge on any atom is 0.408 e. The molecule has 0 radical (unpaired) electrons. The SMILES string of the molecule is C[C@H](C(=O)N1CCCCC1)N1CC[C@@H](NC(=O)OCc2ccccc2)C1=O. The van der Waals surface area contributed by atoms with Crippen LogP contribution in [0.3, 0.4) is 0 Å². The lowest BCUT2D eigenvalue weighted by Gasteiger charge is -2.32. The van der Waals surface area contributed by atoms with Gasteiger partial charge in [0.2, 0.25) is 11.8 Å².